The van der Waals surface area contributed by atoms with Gasteiger partial charge in [0.25, 0.3) is 0 Å². The van der Waals surface area contributed by atoms with Crippen LogP contribution >= 0.6 is 0 Å². The first-order valence-electron chi connectivity index (χ1n) is 9.83. The van der Waals surface area contributed by atoms with E-state index >= 15 is 0 Å². The van der Waals surface area contributed by atoms with Crippen LogP contribution in [0.2, 0.25) is 0 Å². The average molecular weight is 418 g/mol. The summed E-state index contributed by atoms with van der Waals surface area (Å²) in [5.74, 6) is -0.845. The van der Waals surface area contributed by atoms with Crippen molar-refractivity contribution in [2.24, 2.45) is 5.92 Å². The number of nitrogens with zero attached hydrogens (tertiary/aromatic N) is 3. The molecule has 2 saturated heterocycles. The molecule has 2 aliphatic heterocycles. The normalized spacial score (nSPS) is 24.5. The molecule has 9 heteroatoms. The predicted molar refractivity (Wildman–Crippen MR) is 94.5 cm³/mol. The number of aryl methyl sites for hydroxylation is 1. The zero-order valence-corrected chi connectivity index (χ0v) is 20.0. The fourth-order valence-corrected chi connectivity index (χ4v) is 3.92. The van der Waals surface area contributed by atoms with Crippen LogP contribution in [0.15, 0.2) is 12.4 Å². The van der Waals surface area contributed by atoms with Gasteiger partial charge in [0.2, 0.25) is 5.91 Å². The number of hydrogen-bond acceptors (Lipinski definition) is 6. The van der Waals surface area contributed by atoms with Crippen LogP contribution in [0.5, 0.6) is 0 Å². The molecule has 0 bridgehead atoms. The van der Waals surface area contributed by atoms with Crippen LogP contribution in [0.25, 0.3) is 0 Å². The van der Waals surface area contributed by atoms with Crippen molar-refractivity contribution in [2.45, 2.75) is 57.8 Å². The molecular formula is C19H28KN3O5. The molecule has 0 saturated carbocycles. The summed E-state index contributed by atoms with van der Waals surface area (Å²) in [6.45, 7) is 4.60. The Labute approximate surface area is 208 Å². The Morgan fingerprint density at radius 3 is 2.71 bits per heavy atom. The maximum Gasteiger partial charge on any atom is 1.00 e. The Morgan fingerprint density at radius 1 is 1.29 bits per heavy atom. The zero-order valence-electron chi connectivity index (χ0n) is 16.8. The van der Waals surface area contributed by atoms with Crippen LogP contribution in [0, 0.1) is 5.92 Å². The number of carboxylic acids is 1. The molecule has 3 heterocycles. The summed E-state index contributed by atoms with van der Waals surface area (Å²) in [6, 6.07) is 0. The first-order chi connectivity index (χ1) is 13.1. The minimum Gasteiger partial charge on any atom is -0.550 e. The SMILES string of the molecule is CCn1ccnc1[C@@H]1OCCC[C@H]1C(=O)N(CCC(=O)[O-])CC1CCCO1.[K+]. The number of rotatable bonds is 8. The fraction of sp³-hybridized carbons (Fsp3) is 0.737. The first kappa shape index (κ1) is 24.0. The molecular weight excluding hydrogens is 389 g/mol. The molecule has 28 heavy (non-hydrogen) atoms. The molecule has 0 spiro atoms. The van der Waals surface area contributed by atoms with Gasteiger partial charge < -0.3 is 28.8 Å². The van der Waals surface area contributed by atoms with Gasteiger partial charge in [-0.15, -0.1) is 0 Å². The summed E-state index contributed by atoms with van der Waals surface area (Å²) in [7, 11) is 0. The number of aliphatic carboxylic acids is 1. The summed E-state index contributed by atoms with van der Waals surface area (Å²) < 4.78 is 13.6. The van der Waals surface area contributed by atoms with Gasteiger partial charge in [0, 0.05) is 57.6 Å². The van der Waals surface area contributed by atoms with Crippen LogP contribution < -0.4 is 56.5 Å². The standard InChI is InChI=1S/C19H29N3O5.K/c1-2-21-10-8-20-18(21)17-15(6-4-12-27-17)19(25)22(9-7-16(23)24)13-14-5-3-11-26-14;/h8,10,14-15,17H,2-7,9,11-13H2,1H3,(H,23,24);/q;+1/p-1/t14?,15-,17-;/m1./s1. The second-order valence-electron chi connectivity index (χ2n) is 7.15. The Bertz CT molecular complexity index is 647. The van der Waals surface area contributed by atoms with Crippen LogP contribution in [0.4, 0.5) is 0 Å². The quantitative estimate of drug-likeness (QED) is 0.435. The molecule has 3 rings (SSSR count). The number of imidazole rings is 1. The molecule has 1 aromatic heterocycles. The molecule has 2 fully saturated rings. The molecule has 0 aliphatic carbocycles. The first-order valence-corrected chi connectivity index (χ1v) is 9.83. The van der Waals surface area contributed by atoms with Crippen LogP contribution in [-0.2, 0) is 25.6 Å². The van der Waals surface area contributed by atoms with E-state index in [4.69, 9.17) is 9.47 Å². The maximum absolute atomic E-state index is 13.3. The summed E-state index contributed by atoms with van der Waals surface area (Å²) in [4.78, 5) is 30.3. The van der Waals surface area contributed by atoms with Crippen molar-refractivity contribution in [3.63, 3.8) is 0 Å². The largest absolute Gasteiger partial charge is 1.00 e. The summed E-state index contributed by atoms with van der Waals surface area (Å²) in [5.41, 5.74) is 0. The molecule has 1 amide bonds. The maximum atomic E-state index is 13.3. The molecule has 0 N–H and O–H groups in total. The zero-order chi connectivity index (χ0) is 19.2. The second-order valence-corrected chi connectivity index (χ2v) is 7.15. The smallest absolute Gasteiger partial charge is 0.550 e. The van der Waals surface area contributed by atoms with Crippen molar-refractivity contribution in [1.29, 1.82) is 0 Å². The van der Waals surface area contributed by atoms with Crippen molar-refractivity contribution >= 4 is 11.9 Å². The summed E-state index contributed by atoms with van der Waals surface area (Å²) >= 11 is 0. The molecule has 150 valence electrons. The molecule has 3 atom stereocenters. The Morgan fingerprint density at radius 2 is 2.04 bits per heavy atom. The van der Waals surface area contributed by atoms with Gasteiger partial charge in [0.1, 0.15) is 11.9 Å². The minimum atomic E-state index is -1.15. The van der Waals surface area contributed by atoms with Gasteiger partial charge in [0.15, 0.2) is 0 Å². The van der Waals surface area contributed by atoms with E-state index < -0.39 is 12.1 Å². The van der Waals surface area contributed by atoms with E-state index in [1.54, 1.807) is 11.1 Å². The fourth-order valence-electron chi connectivity index (χ4n) is 3.92. The molecule has 1 unspecified atom stereocenters. The van der Waals surface area contributed by atoms with Crippen molar-refractivity contribution in [3.8, 4) is 0 Å². The number of hydrogen-bond donors (Lipinski definition) is 0. The third kappa shape index (κ3) is 6.10. The second kappa shape index (κ2) is 11.8. The molecule has 1 aromatic rings. The van der Waals surface area contributed by atoms with E-state index in [0.717, 1.165) is 31.6 Å². The number of aromatic nitrogens is 2. The van der Waals surface area contributed by atoms with E-state index in [1.165, 1.54) is 0 Å². The van der Waals surface area contributed by atoms with Crippen molar-refractivity contribution in [1.82, 2.24) is 14.5 Å². The van der Waals surface area contributed by atoms with E-state index in [9.17, 15) is 14.7 Å². The summed E-state index contributed by atoms with van der Waals surface area (Å²) in [5, 5.41) is 11.0. The van der Waals surface area contributed by atoms with Crippen LogP contribution in [-0.4, -0.2) is 58.7 Å². The van der Waals surface area contributed by atoms with Gasteiger partial charge in [-0.25, -0.2) is 4.98 Å². The Hall–Kier alpha value is -0.294. The molecule has 0 radical (unpaired) electrons. The van der Waals surface area contributed by atoms with Crippen molar-refractivity contribution in [3.05, 3.63) is 18.2 Å². The molecule has 8 nitrogen and oxygen atoms in total. The minimum absolute atomic E-state index is 0. The van der Waals surface area contributed by atoms with Crippen LogP contribution in [0.1, 0.15) is 51.0 Å². The van der Waals surface area contributed by atoms with Crippen molar-refractivity contribution in [2.75, 3.05) is 26.3 Å². The number of carboxylic acid groups (broad SMARTS) is 1. The third-order valence-corrected chi connectivity index (χ3v) is 5.33. The van der Waals surface area contributed by atoms with Crippen LogP contribution in [0.3, 0.4) is 0 Å². The number of carbonyl (C=O) groups is 2. The van der Waals surface area contributed by atoms with Gasteiger partial charge in [-0.2, -0.15) is 0 Å². The number of carbonyl (C=O) groups excluding carboxylic acids is 2. The average Bonchev–Trinajstić information content (AvgIpc) is 3.35. The summed E-state index contributed by atoms with van der Waals surface area (Å²) in [6.07, 6.45) is 6.35. The Kier molecular flexibility index (Phi) is 10.1. The third-order valence-electron chi connectivity index (χ3n) is 5.33. The van der Waals surface area contributed by atoms with E-state index in [-0.39, 0.29) is 82.3 Å². The van der Waals surface area contributed by atoms with E-state index in [0.29, 0.717) is 26.2 Å². The van der Waals surface area contributed by atoms with E-state index in [1.807, 2.05) is 17.7 Å². The monoisotopic (exact) mass is 417 g/mol. The van der Waals surface area contributed by atoms with Crippen molar-refractivity contribution < 1.29 is 75.6 Å². The topological polar surface area (TPSA) is 96.7 Å². The van der Waals surface area contributed by atoms with Gasteiger partial charge >= 0.3 is 51.4 Å². The Balaban J connectivity index is 0.00000280. The van der Waals surface area contributed by atoms with Gasteiger partial charge in [-0.05, 0) is 32.6 Å². The van der Waals surface area contributed by atoms with Gasteiger partial charge in [0.05, 0.1) is 12.0 Å². The van der Waals surface area contributed by atoms with E-state index in [2.05, 4.69) is 4.98 Å². The number of amides is 1. The number of ether oxygens (including phenoxy) is 2. The van der Waals surface area contributed by atoms with Gasteiger partial charge in [-0.3, -0.25) is 4.79 Å². The molecule has 0 aromatic carbocycles. The van der Waals surface area contributed by atoms with Gasteiger partial charge in [-0.1, -0.05) is 0 Å². The predicted octanol–water partition coefficient (Wildman–Crippen LogP) is -2.48. The molecule has 2 aliphatic rings.